The quantitative estimate of drug-likeness (QED) is 0.767. The number of amides is 1. The van der Waals surface area contributed by atoms with Gasteiger partial charge in [0.2, 0.25) is 5.91 Å². The fourth-order valence-electron chi connectivity index (χ4n) is 1.88. The minimum absolute atomic E-state index is 0.0833. The lowest BCUT2D eigenvalue weighted by molar-refractivity contribution is -0.121. The standard InChI is InChI=1S/C12H19N3O2/c16-12(14-10-11-2-1-9-17-11)3-6-15-7-4-13-5-8-15/h1-2,9,13H,3-8,10H2,(H,14,16). The average molecular weight is 237 g/mol. The van der Waals surface area contributed by atoms with Gasteiger partial charge in [0.1, 0.15) is 5.76 Å². The zero-order valence-electron chi connectivity index (χ0n) is 9.95. The average Bonchev–Trinajstić information content (AvgIpc) is 2.88. The topological polar surface area (TPSA) is 57.5 Å². The largest absolute Gasteiger partial charge is 0.467 e. The Labute approximate surface area is 101 Å². The van der Waals surface area contributed by atoms with Crippen molar-refractivity contribution in [3.63, 3.8) is 0 Å². The maximum absolute atomic E-state index is 11.6. The lowest BCUT2D eigenvalue weighted by Gasteiger charge is -2.26. The number of hydrogen-bond acceptors (Lipinski definition) is 4. The van der Waals surface area contributed by atoms with E-state index in [9.17, 15) is 4.79 Å². The molecule has 94 valence electrons. The van der Waals surface area contributed by atoms with Crippen LogP contribution in [-0.2, 0) is 11.3 Å². The summed E-state index contributed by atoms with van der Waals surface area (Å²) in [7, 11) is 0. The number of hydrogen-bond donors (Lipinski definition) is 2. The van der Waals surface area contributed by atoms with E-state index in [0.29, 0.717) is 13.0 Å². The molecule has 0 aromatic carbocycles. The molecule has 1 saturated heterocycles. The van der Waals surface area contributed by atoms with Gasteiger partial charge in [-0.2, -0.15) is 0 Å². The van der Waals surface area contributed by atoms with Gasteiger partial charge >= 0.3 is 0 Å². The molecule has 0 radical (unpaired) electrons. The molecule has 2 rings (SSSR count). The Morgan fingerprint density at radius 1 is 1.47 bits per heavy atom. The monoisotopic (exact) mass is 237 g/mol. The van der Waals surface area contributed by atoms with Crippen molar-refractivity contribution < 1.29 is 9.21 Å². The summed E-state index contributed by atoms with van der Waals surface area (Å²) in [6, 6.07) is 3.68. The number of nitrogens with zero attached hydrogens (tertiary/aromatic N) is 1. The predicted octanol–water partition coefficient (Wildman–Crippen LogP) is 0.191. The minimum Gasteiger partial charge on any atom is -0.467 e. The first-order valence-corrected chi connectivity index (χ1v) is 6.07. The summed E-state index contributed by atoms with van der Waals surface area (Å²) in [6.45, 7) is 5.43. The molecule has 1 aliphatic rings. The number of furan rings is 1. The molecule has 17 heavy (non-hydrogen) atoms. The van der Waals surface area contributed by atoms with E-state index in [0.717, 1.165) is 38.5 Å². The van der Waals surface area contributed by atoms with E-state index in [1.165, 1.54) is 0 Å². The van der Waals surface area contributed by atoms with Crippen molar-refractivity contribution in [1.29, 1.82) is 0 Å². The van der Waals surface area contributed by atoms with Gasteiger partial charge in [0.25, 0.3) is 0 Å². The van der Waals surface area contributed by atoms with Crippen molar-refractivity contribution in [2.24, 2.45) is 0 Å². The maximum atomic E-state index is 11.6. The Balaban J connectivity index is 1.60. The molecular formula is C12H19N3O2. The fourth-order valence-corrected chi connectivity index (χ4v) is 1.88. The predicted molar refractivity (Wildman–Crippen MR) is 64.5 cm³/mol. The highest BCUT2D eigenvalue weighted by molar-refractivity contribution is 5.75. The molecule has 2 N–H and O–H groups in total. The van der Waals surface area contributed by atoms with Crippen LogP contribution in [0.1, 0.15) is 12.2 Å². The smallest absolute Gasteiger partial charge is 0.221 e. The lowest BCUT2D eigenvalue weighted by atomic mass is 10.3. The third-order valence-electron chi connectivity index (χ3n) is 2.90. The third kappa shape index (κ3) is 4.20. The van der Waals surface area contributed by atoms with Crippen LogP contribution in [0.15, 0.2) is 22.8 Å². The first kappa shape index (κ1) is 12.1. The molecule has 0 atom stereocenters. The van der Waals surface area contributed by atoms with Crippen LogP contribution >= 0.6 is 0 Å². The summed E-state index contributed by atoms with van der Waals surface area (Å²) in [4.78, 5) is 13.9. The SMILES string of the molecule is O=C(CCN1CCNCC1)NCc1ccco1. The third-order valence-corrected chi connectivity index (χ3v) is 2.90. The molecule has 5 heteroatoms. The van der Waals surface area contributed by atoms with E-state index in [1.54, 1.807) is 6.26 Å². The Kier molecular flexibility index (Phi) is 4.58. The van der Waals surface area contributed by atoms with Crippen LogP contribution in [-0.4, -0.2) is 43.5 Å². The number of rotatable bonds is 5. The van der Waals surface area contributed by atoms with Gasteiger partial charge in [-0.05, 0) is 12.1 Å². The Bertz CT molecular complexity index is 332. The van der Waals surface area contributed by atoms with Gasteiger partial charge in [-0.15, -0.1) is 0 Å². The Hall–Kier alpha value is -1.33. The number of carbonyl (C=O) groups is 1. The first-order valence-electron chi connectivity index (χ1n) is 6.07. The van der Waals surface area contributed by atoms with Crippen LogP contribution in [0, 0.1) is 0 Å². The molecule has 0 unspecified atom stereocenters. The van der Waals surface area contributed by atoms with Gasteiger partial charge in [0.05, 0.1) is 12.8 Å². The van der Waals surface area contributed by atoms with Crippen LogP contribution in [0.2, 0.25) is 0 Å². The fraction of sp³-hybridized carbons (Fsp3) is 0.583. The number of nitrogens with one attached hydrogen (secondary N) is 2. The van der Waals surface area contributed by atoms with E-state index in [2.05, 4.69) is 15.5 Å². The van der Waals surface area contributed by atoms with Crippen LogP contribution in [0.5, 0.6) is 0 Å². The Morgan fingerprint density at radius 3 is 3.00 bits per heavy atom. The molecule has 0 spiro atoms. The van der Waals surface area contributed by atoms with Crippen LogP contribution in [0.4, 0.5) is 0 Å². The molecule has 5 nitrogen and oxygen atoms in total. The summed E-state index contributed by atoms with van der Waals surface area (Å²) >= 11 is 0. The molecule has 0 aliphatic carbocycles. The molecule has 1 aliphatic heterocycles. The van der Waals surface area contributed by atoms with Crippen LogP contribution in [0.25, 0.3) is 0 Å². The summed E-state index contributed by atoms with van der Waals surface area (Å²) in [5.74, 6) is 0.875. The summed E-state index contributed by atoms with van der Waals surface area (Å²) < 4.78 is 5.14. The lowest BCUT2D eigenvalue weighted by Crippen LogP contribution is -2.44. The van der Waals surface area contributed by atoms with E-state index in [4.69, 9.17) is 4.42 Å². The van der Waals surface area contributed by atoms with Gasteiger partial charge in [-0.25, -0.2) is 0 Å². The molecule has 0 saturated carbocycles. The second-order valence-electron chi connectivity index (χ2n) is 4.20. The normalized spacial score (nSPS) is 16.9. The number of carbonyl (C=O) groups excluding carboxylic acids is 1. The van der Waals surface area contributed by atoms with Crippen molar-refractivity contribution in [1.82, 2.24) is 15.5 Å². The molecule has 1 amide bonds. The molecule has 1 fully saturated rings. The molecule has 1 aromatic rings. The van der Waals surface area contributed by atoms with Crippen molar-refractivity contribution in [3.05, 3.63) is 24.2 Å². The molecular weight excluding hydrogens is 218 g/mol. The van der Waals surface area contributed by atoms with Gasteiger partial charge in [0.15, 0.2) is 0 Å². The van der Waals surface area contributed by atoms with E-state index in [-0.39, 0.29) is 5.91 Å². The van der Waals surface area contributed by atoms with E-state index >= 15 is 0 Å². The summed E-state index contributed by atoms with van der Waals surface area (Å²) in [5, 5.41) is 6.14. The minimum atomic E-state index is 0.0833. The van der Waals surface area contributed by atoms with Crippen molar-refractivity contribution >= 4 is 5.91 Å². The summed E-state index contributed by atoms with van der Waals surface area (Å²) in [6.07, 6.45) is 2.17. The highest BCUT2D eigenvalue weighted by atomic mass is 16.3. The first-order chi connectivity index (χ1) is 8.34. The second kappa shape index (κ2) is 6.42. The number of piperazine rings is 1. The van der Waals surface area contributed by atoms with Crippen molar-refractivity contribution in [3.8, 4) is 0 Å². The van der Waals surface area contributed by atoms with E-state index < -0.39 is 0 Å². The highest BCUT2D eigenvalue weighted by Crippen LogP contribution is 1.99. The van der Waals surface area contributed by atoms with Gasteiger partial charge in [-0.1, -0.05) is 0 Å². The maximum Gasteiger partial charge on any atom is 0.221 e. The van der Waals surface area contributed by atoms with Gasteiger partial charge in [-0.3, -0.25) is 4.79 Å². The van der Waals surface area contributed by atoms with Crippen LogP contribution in [0.3, 0.4) is 0 Å². The van der Waals surface area contributed by atoms with Crippen molar-refractivity contribution in [2.45, 2.75) is 13.0 Å². The highest BCUT2D eigenvalue weighted by Gasteiger charge is 2.11. The zero-order chi connectivity index (χ0) is 11.9. The Morgan fingerprint density at radius 2 is 2.29 bits per heavy atom. The molecule has 1 aromatic heterocycles. The molecule has 0 bridgehead atoms. The van der Waals surface area contributed by atoms with E-state index in [1.807, 2.05) is 12.1 Å². The second-order valence-corrected chi connectivity index (χ2v) is 4.20. The molecule has 2 heterocycles. The van der Waals surface area contributed by atoms with Gasteiger partial charge in [0, 0.05) is 39.1 Å². The van der Waals surface area contributed by atoms with Crippen molar-refractivity contribution in [2.75, 3.05) is 32.7 Å². The zero-order valence-corrected chi connectivity index (χ0v) is 9.95. The van der Waals surface area contributed by atoms with Crippen LogP contribution < -0.4 is 10.6 Å². The summed E-state index contributed by atoms with van der Waals surface area (Å²) in [5.41, 5.74) is 0. The van der Waals surface area contributed by atoms with Gasteiger partial charge < -0.3 is 20.0 Å².